The maximum absolute atomic E-state index is 8.62. The molecule has 1 aromatic rings. The van der Waals surface area contributed by atoms with Gasteiger partial charge in [0.15, 0.2) is 12.4 Å². The number of aromatic nitrogens is 1. The first-order valence-corrected chi connectivity index (χ1v) is 2.88. The van der Waals surface area contributed by atoms with E-state index in [1.165, 1.54) is 0 Å². The lowest BCUT2D eigenvalue weighted by Gasteiger charge is -1.89. The third-order valence-corrected chi connectivity index (χ3v) is 1.23. The van der Waals surface area contributed by atoms with Crippen LogP contribution in [0.3, 0.4) is 0 Å². The van der Waals surface area contributed by atoms with Crippen LogP contribution in [-0.2, 0) is 13.7 Å². The second-order valence-corrected chi connectivity index (χ2v) is 2.03. The molecule has 0 bridgehead atoms. The Balaban J connectivity index is 0.000000810. The summed E-state index contributed by atoms with van der Waals surface area (Å²) in [6, 6.07) is 3.78. The van der Waals surface area contributed by atoms with E-state index in [0.717, 1.165) is 5.56 Å². The summed E-state index contributed by atoms with van der Waals surface area (Å²) in [7, 11) is 1.95. The highest BCUT2D eigenvalue weighted by Crippen LogP contribution is 1.91. The highest BCUT2D eigenvalue weighted by molar-refractivity contribution is 5.04. The summed E-state index contributed by atoms with van der Waals surface area (Å²) in [6.07, 6.45) is 3.82. The van der Waals surface area contributed by atoms with Crippen LogP contribution in [0, 0.1) is 0 Å². The average molecular weight is 251 g/mol. The zero-order valence-corrected chi connectivity index (χ0v) is 7.95. The van der Waals surface area contributed by atoms with E-state index in [0.29, 0.717) is 0 Å². The van der Waals surface area contributed by atoms with Gasteiger partial charge in [-0.25, -0.2) is 4.57 Å². The van der Waals surface area contributed by atoms with E-state index in [4.69, 9.17) is 5.11 Å². The Morgan fingerprint density at radius 1 is 1.40 bits per heavy atom. The van der Waals surface area contributed by atoms with E-state index in [9.17, 15) is 0 Å². The molecule has 1 N–H and O–H groups in total. The monoisotopic (exact) mass is 251 g/mol. The molecule has 0 atom stereocenters. The molecule has 0 amide bonds. The molecule has 1 aromatic heterocycles. The highest BCUT2D eigenvalue weighted by Gasteiger charge is 1.90. The van der Waals surface area contributed by atoms with Crippen LogP contribution >= 0.6 is 0 Å². The molecule has 2 nitrogen and oxygen atoms in total. The van der Waals surface area contributed by atoms with E-state index in [1.54, 1.807) is 0 Å². The molecule has 0 spiro atoms. The van der Waals surface area contributed by atoms with Crippen LogP contribution in [0.5, 0.6) is 0 Å². The van der Waals surface area contributed by atoms with E-state index in [-0.39, 0.29) is 30.6 Å². The van der Waals surface area contributed by atoms with Crippen molar-refractivity contribution < 1.29 is 33.7 Å². The van der Waals surface area contributed by atoms with Crippen molar-refractivity contribution in [1.82, 2.24) is 0 Å². The zero-order chi connectivity index (χ0) is 6.69. The van der Waals surface area contributed by atoms with Gasteiger partial charge in [-0.3, -0.25) is 0 Å². The summed E-state index contributed by atoms with van der Waals surface area (Å²) in [5.74, 6) is 0. The lowest BCUT2D eigenvalue weighted by atomic mass is 10.3. The molecule has 0 aliphatic rings. The third kappa shape index (κ3) is 2.62. The van der Waals surface area contributed by atoms with E-state index >= 15 is 0 Å². The lowest BCUT2D eigenvalue weighted by Crippen LogP contribution is -3.00. The summed E-state index contributed by atoms with van der Waals surface area (Å²) in [5, 5.41) is 8.62. The second-order valence-electron chi connectivity index (χ2n) is 2.03. The third-order valence-electron chi connectivity index (χ3n) is 1.23. The minimum Gasteiger partial charge on any atom is -1.00 e. The van der Waals surface area contributed by atoms with Crippen molar-refractivity contribution in [3.8, 4) is 0 Å². The van der Waals surface area contributed by atoms with Gasteiger partial charge in [0.25, 0.3) is 0 Å². The SMILES string of the molecule is C[n+]1ccc(CO)cc1.[I-]. The molecular formula is C7H10INO. The maximum atomic E-state index is 8.62. The predicted octanol–water partition coefficient (Wildman–Crippen LogP) is -2.99. The molecule has 0 radical (unpaired) electrons. The zero-order valence-electron chi connectivity index (χ0n) is 5.79. The van der Waals surface area contributed by atoms with Gasteiger partial charge in [0.1, 0.15) is 7.05 Å². The van der Waals surface area contributed by atoms with E-state index < -0.39 is 0 Å². The van der Waals surface area contributed by atoms with Gasteiger partial charge in [-0.1, -0.05) is 0 Å². The average Bonchev–Trinajstić information content (AvgIpc) is 1.90. The molecule has 0 aromatic carbocycles. The summed E-state index contributed by atoms with van der Waals surface area (Å²) < 4.78 is 1.93. The van der Waals surface area contributed by atoms with Gasteiger partial charge in [-0.2, -0.15) is 0 Å². The Kier molecular flexibility index (Phi) is 4.55. The summed E-state index contributed by atoms with van der Waals surface area (Å²) >= 11 is 0. The molecule has 1 rings (SSSR count). The molecule has 0 saturated carbocycles. The standard InChI is InChI=1S/C7H10NO.HI/c1-8-4-2-7(6-9)3-5-8;/h2-5,9H,6H2,1H3;1H/q+1;/p-1. The van der Waals surface area contributed by atoms with Crippen LogP contribution in [0.1, 0.15) is 5.56 Å². The topological polar surface area (TPSA) is 24.1 Å². The first kappa shape index (κ1) is 9.84. The van der Waals surface area contributed by atoms with Crippen molar-refractivity contribution >= 4 is 0 Å². The number of aliphatic hydroxyl groups is 1. The quantitative estimate of drug-likeness (QED) is 0.417. The Bertz CT molecular complexity index is 185. The van der Waals surface area contributed by atoms with Crippen LogP contribution in [0.4, 0.5) is 0 Å². The molecule has 0 saturated heterocycles. The second kappa shape index (κ2) is 4.62. The van der Waals surface area contributed by atoms with Gasteiger partial charge in [0.05, 0.1) is 6.61 Å². The Hall–Kier alpha value is -0.160. The number of rotatable bonds is 1. The lowest BCUT2D eigenvalue weighted by molar-refractivity contribution is -0.671. The maximum Gasteiger partial charge on any atom is 0.168 e. The van der Waals surface area contributed by atoms with Crippen molar-refractivity contribution in [2.75, 3.05) is 0 Å². The first-order chi connectivity index (χ1) is 4.33. The van der Waals surface area contributed by atoms with Gasteiger partial charge in [-0.15, -0.1) is 0 Å². The van der Waals surface area contributed by atoms with Crippen molar-refractivity contribution in [2.24, 2.45) is 7.05 Å². The number of halogens is 1. The van der Waals surface area contributed by atoms with Crippen molar-refractivity contribution in [3.05, 3.63) is 30.1 Å². The smallest absolute Gasteiger partial charge is 0.168 e. The number of aliphatic hydroxyl groups excluding tert-OH is 1. The fraction of sp³-hybridized carbons (Fsp3) is 0.286. The van der Waals surface area contributed by atoms with Gasteiger partial charge in [-0.05, 0) is 5.56 Å². The van der Waals surface area contributed by atoms with Crippen LogP contribution in [0.25, 0.3) is 0 Å². The number of hydrogen-bond donors (Lipinski definition) is 1. The molecule has 1 heterocycles. The minimum absolute atomic E-state index is 0. The molecule has 0 aliphatic carbocycles. The van der Waals surface area contributed by atoms with Crippen LogP contribution < -0.4 is 28.5 Å². The number of nitrogens with zero attached hydrogens (tertiary/aromatic N) is 1. The molecule has 3 heteroatoms. The normalized spacial score (nSPS) is 8.60. The molecule has 0 aliphatic heterocycles. The van der Waals surface area contributed by atoms with Gasteiger partial charge < -0.3 is 29.1 Å². The van der Waals surface area contributed by atoms with Crippen molar-refractivity contribution in [2.45, 2.75) is 6.61 Å². The van der Waals surface area contributed by atoms with Gasteiger partial charge >= 0.3 is 0 Å². The minimum atomic E-state index is 0. The summed E-state index contributed by atoms with van der Waals surface area (Å²) in [6.45, 7) is 0.126. The van der Waals surface area contributed by atoms with Gasteiger partial charge in [0, 0.05) is 12.1 Å². The van der Waals surface area contributed by atoms with E-state index in [2.05, 4.69) is 0 Å². The largest absolute Gasteiger partial charge is 1.00 e. The van der Waals surface area contributed by atoms with Crippen LogP contribution in [0.2, 0.25) is 0 Å². The molecule has 10 heavy (non-hydrogen) atoms. The Morgan fingerprint density at radius 3 is 2.30 bits per heavy atom. The molecule has 56 valence electrons. The molecular weight excluding hydrogens is 241 g/mol. The number of hydrogen-bond acceptors (Lipinski definition) is 1. The number of aryl methyl sites for hydroxylation is 1. The van der Waals surface area contributed by atoms with Crippen LogP contribution in [-0.4, -0.2) is 5.11 Å². The summed E-state index contributed by atoms with van der Waals surface area (Å²) in [5.41, 5.74) is 0.952. The highest BCUT2D eigenvalue weighted by atomic mass is 127. The summed E-state index contributed by atoms with van der Waals surface area (Å²) in [4.78, 5) is 0. The molecule has 0 fully saturated rings. The Morgan fingerprint density at radius 2 is 1.90 bits per heavy atom. The first-order valence-electron chi connectivity index (χ1n) is 2.88. The van der Waals surface area contributed by atoms with Gasteiger partial charge in [0.2, 0.25) is 0 Å². The molecule has 0 unspecified atom stereocenters. The van der Waals surface area contributed by atoms with E-state index in [1.807, 2.05) is 36.1 Å². The Labute approximate surface area is 77.5 Å². The van der Waals surface area contributed by atoms with Crippen molar-refractivity contribution in [1.29, 1.82) is 0 Å². The number of pyridine rings is 1. The van der Waals surface area contributed by atoms with Crippen molar-refractivity contribution in [3.63, 3.8) is 0 Å². The fourth-order valence-electron chi connectivity index (χ4n) is 0.637. The fourth-order valence-corrected chi connectivity index (χ4v) is 0.637. The van der Waals surface area contributed by atoms with Crippen LogP contribution in [0.15, 0.2) is 24.5 Å². The predicted molar refractivity (Wildman–Crippen MR) is 33.5 cm³/mol.